The summed E-state index contributed by atoms with van der Waals surface area (Å²) in [7, 11) is 0. The van der Waals surface area contributed by atoms with Crippen molar-refractivity contribution in [1.29, 1.82) is 0 Å². The zero-order valence-corrected chi connectivity index (χ0v) is 20.2. The summed E-state index contributed by atoms with van der Waals surface area (Å²) in [5.41, 5.74) is 3.27. The zero-order valence-electron chi connectivity index (χ0n) is 20.2. The van der Waals surface area contributed by atoms with Crippen LogP contribution in [0.2, 0.25) is 0 Å². The number of carbonyl (C=O) groups is 2. The Morgan fingerprint density at radius 2 is 1.49 bits per heavy atom. The van der Waals surface area contributed by atoms with Gasteiger partial charge in [0.25, 0.3) is 0 Å². The van der Waals surface area contributed by atoms with Crippen LogP contribution in [-0.4, -0.2) is 54.4 Å². The van der Waals surface area contributed by atoms with Crippen molar-refractivity contribution in [3.63, 3.8) is 0 Å². The van der Waals surface area contributed by atoms with Gasteiger partial charge < -0.3 is 19.3 Å². The van der Waals surface area contributed by atoms with Crippen molar-refractivity contribution in [3.8, 4) is 11.5 Å². The molecule has 0 saturated carbocycles. The van der Waals surface area contributed by atoms with E-state index < -0.39 is 0 Å². The first kappa shape index (κ1) is 24.5. The van der Waals surface area contributed by atoms with Crippen LogP contribution in [0.1, 0.15) is 23.1 Å². The van der Waals surface area contributed by atoms with Crippen LogP contribution < -0.4 is 4.74 Å². The molecule has 0 unspecified atom stereocenters. The first-order chi connectivity index (χ1) is 17.1. The molecule has 0 aromatic heterocycles. The number of rotatable bonds is 9. The molecule has 6 nitrogen and oxygen atoms in total. The molecule has 6 heteroatoms. The Bertz CT molecular complexity index is 1120. The summed E-state index contributed by atoms with van der Waals surface area (Å²) in [6.07, 6.45) is 1.23. The Balaban J connectivity index is 1.19. The fourth-order valence-corrected chi connectivity index (χ4v) is 4.16. The van der Waals surface area contributed by atoms with E-state index in [0.29, 0.717) is 38.3 Å². The molecule has 3 aromatic rings. The first-order valence-corrected chi connectivity index (χ1v) is 12.1. The molecule has 0 spiro atoms. The van der Waals surface area contributed by atoms with E-state index in [1.54, 1.807) is 4.90 Å². The average molecular weight is 473 g/mol. The van der Waals surface area contributed by atoms with Crippen LogP contribution in [0.3, 0.4) is 0 Å². The first-order valence-electron chi connectivity index (χ1n) is 12.1. The van der Waals surface area contributed by atoms with E-state index in [4.69, 9.17) is 9.47 Å². The highest BCUT2D eigenvalue weighted by Gasteiger charge is 2.24. The summed E-state index contributed by atoms with van der Waals surface area (Å²) in [6, 6.07) is 25.5. The minimum absolute atomic E-state index is 0.000968. The minimum Gasteiger partial charge on any atom is -0.457 e. The Hall–Kier alpha value is -3.64. The van der Waals surface area contributed by atoms with Crippen molar-refractivity contribution in [2.24, 2.45) is 0 Å². The predicted molar refractivity (Wildman–Crippen MR) is 135 cm³/mol. The van der Waals surface area contributed by atoms with Crippen LogP contribution in [0.15, 0.2) is 78.9 Å². The molecule has 0 bridgehead atoms. The molecule has 2 amide bonds. The Labute approximate surface area is 207 Å². The molecule has 182 valence electrons. The molecule has 35 heavy (non-hydrogen) atoms. The van der Waals surface area contributed by atoms with Gasteiger partial charge in [0.05, 0.1) is 6.61 Å². The van der Waals surface area contributed by atoms with E-state index in [-0.39, 0.29) is 25.0 Å². The van der Waals surface area contributed by atoms with Gasteiger partial charge in [0.1, 0.15) is 18.1 Å². The number of hydrogen-bond donors (Lipinski definition) is 0. The highest BCUT2D eigenvalue weighted by atomic mass is 16.5. The summed E-state index contributed by atoms with van der Waals surface area (Å²) in [4.78, 5) is 28.9. The fourth-order valence-electron chi connectivity index (χ4n) is 4.16. The van der Waals surface area contributed by atoms with Gasteiger partial charge in [0.15, 0.2) is 0 Å². The van der Waals surface area contributed by atoms with E-state index in [1.807, 2.05) is 65.6 Å². The largest absolute Gasteiger partial charge is 0.457 e. The highest BCUT2D eigenvalue weighted by molar-refractivity contribution is 5.79. The summed E-state index contributed by atoms with van der Waals surface area (Å²) in [6.45, 7) is 4.53. The van der Waals surface area contributed by atoms with E-state index in [0.717, 1.165) is 17.7 Å². The number of nitrogens with zero attached hydrogens (tertiary/aromatic N) is 2. The van der Waals surface area contributed by atoms with E-state index in [9.17, 15) is 9.59 Å². The maximum Gasteiger partial charge on any atom is 0.248 e. The van der Waals surface area contributed by atoms with Crippen LogP contribution in [0.5, 0.6) is 11.5 Å². The number of carbonyl (C=O) groups excluding carboxylic acids is 2. The molecule has 1 aliphatic rings. The standard InChI is InChI=1S/C29H32N2O4/c1-23-8-7-9-24(20-23)14-15-28(32)30-16-18-31(19-17-30)29(33)22-34-21-25-10-5-6-13-27(25)35-26-11-3-2-4-12-26/h2-13,20H,14-19,21-22H2,1H3. The number of hydrogen-bond acceptors (Lipinski definition) is 4. The molecule has 1 heterocycles. The summed E-state index contributed by atoms with van der Waals surface area (Å²) in [5.74, 6) is 1.55. The Kier molecular flexibility index (Phi) is 8.52. The third kappa shape index (κ3) is 7.17. The lowest BCUT2D eigenvalue weighted by Gasteiger charge is -2.34. The third-order valence-corrected chi connectivity index (χ3v) is 6.12. The molecule has 0 atom stereocenters. The van der Waals surface area contributed by atoms with Gasteiger partial charge in [-0.3, -0.25) is 9.59 Å². The van der Waals surface area contributed by atoms with Crippen molar-refractivity contribution in [1.82, 2.24) is 9.80 Å². The number of ether oxygens (including phenoxy) is 2. The Morgan fingerprint density at radius 3 is 2.23 bits per heavy atom. The van der Waals surface area contributed by atoms with Gasteiger partial charge in [-0.15, -0.1) is 0 Å². The molecule has 0 radical (unpaired) electrons. The molecule has 1 fully saturated rings. The topological polar surface area (TPSA) is 59.1 Å². The molecular weight excluding hydrogens is 440 g/mol. The van der Waals surface area contributed by atoms with Gasteiger partial charge in [-0.05, 0) is 37.1 Å². The molecule has 4 rings (SSSR count). The lowest BCUT2D eigenvalue weighted by atomic mass is 10.1. The van der Waals surface area contributed by atoms with Gasteiger partial charge in [0.2, 0.25) is 11.8 Å². The van der Waals surface area contributed by atoms with Gasteiger partial charge in [-0.25, -0.2) is 0 Å². The highest BCUT2D eigenvalue weighted by Crippen LogP contribution is 2.25. The maximum atomic E-state index is 12.6. The van der Waals surface area contributed by atoms with Gasteiger partial charge in [0, 0.05) is 38.2 Å². The quantitative estimate of drug-likeness (QED) is 0.457. The molecule has 0 aliphatic carbocycles. The number of amides is 2. The van der Waals surface area contributed by atoms with Crippen LogP contribution >= 0.6 is 0 Å². The van der Waals surface area contributed by atoms with Crippen LogP contribution in [0, 0.1) is 6.92 Å². The van der Waals surface area contributed by atoms with Gasteiger partial charge >= 0.3 is 0 Å². The summed E-state index contributed by atoms with van der Waals surface area (Å²) >= 11 is 0. The van der Waals surface area contributed by atoms with Gasteiger partial charge in [-0.1, -0.05) is 66.2 Å². The Morgan fingerprint density at radius 1 is 0.800 bits per heavy atom. The van der Waals surface area contributed by atoms with Crippen molar-refractivity contribution in [2.45, 2.75) is 26.4 Å². The molecule has 3 aromatic carbocycles. The van der Waals surface area contributed by atoms with E-state index in [2.05, 4.69) is 25.1 Å². The van der Waals surface area contributed by atoms with Crippen LogP contribution in [0.25, 0.3) is 0 Å². The fraction of sp³-hybridized carbons (Fsp3) is 0.310. The molecular formula is C29H32N2O4. The zero-order chi connectivity index (χ0) is 24.5. The van der Waals surface area contributed by atoms with E-state index >= 15 is 0 Å². The van der Waals surface area contributed by atoms with Gasteiger partial charge in [-0.2, -0.15) is 0 Å². The van der Waals surface area contributed by atoms with Crippen LogP contribution in [-0.2, 0) is 27.4 Å². The second-order valence-corrected chi connectivity index (χ2v) is 8.77. The summed E-state index contributed by atoms with van der Waals surface area (Å²) in [5, 5.41) is 0. The SMILES string of the molecule is Cc1cccc(CCC(=O)N2CCN(C(=O)COCc3ccccc3Oc3ccccc3)CC2)c1. The lowest BCUT2D eigenvalue weighted by molar-refractivity contribution is -0.142. The van der Waals surface area contributed by atoms with Crippen molar-refractivity contribution < 1.29 is 19.1 Å². The number of aryl methyl sites for hydroxylation is 2. The molecule has 0 N–H and O–H groups in total. The van der Waals surface area contributed by atoms with Crippen molar-refractivity contribution in [2.75, 3.05) is 32.8 Å². The van der Waals surface area contributed by atoms with Crippen LogP contribution in [0.4, 0.5) is 0 Å². The number of piperazine rings is 1. The number of para-hydroxylation sites is 2. The smallest absolute Gasteiger partial charge is 0.248 e. The second-order valence-electron chi connectivity index (χ2n) is 8.77. The predicted octanol–water partition coefficient (Wildman–Crippen LogP) is 4.61. The normalized spacial score (nSPS) is 13.5. The second kappa shape index (κ2) is 12.2. The number of benzene rings is 3. The average Bonchev–Trinajstić information content (AvgIpc) is 2.89. The molecule has 1 aliphatic heterocycles. The maximum absolute atomic E-state index is 12.6. The molecule has 1 saturated heterocycles. The summed E-state index contributed by atoms with van der Waals surface area (Å²) < 4.78 is 11.7. The van der Waals surface area contributed by atoms with E-state index in [1.165, 1.54) is 11.1 Å². The third-order valence-electron chi connectivity index (χ3n) is 6.12. The van der Waals surface area contributed by atoms with Crippen molar-refractivity contribution >= 4 is 11.8 Å². The van der Waals surface area contributed by atoms with Crippen molar-refractivity contribution in [3.05, 3.63) is 95.6 Å². The minimum atomic E-state index is -0.0571. The monoisotopic (exact) mass is 472 g/mol. The lowest BCUT2D eigenvalue weighted by Crippen LogP contribution is -2.51.